The zero-order valence-corrected chi connectivity index (χ0v) is 17.7. The van der Waals surface area contributed by atoms with Crippen LogP contribution in [0.3, 0.4) is 0 Å². The average Bonchev–Trinajstić information content (AvgIpc) is 2.62. The molecule has 0 fully saturated rings. The highest BCUT2D eigenvalue weighted by Gasteiger charge is 2.44. The van der Waals surface area contributed by atoms with E-state index in [0.717, 1.165) is 12.8 Å². The molecule has 0 unspecified atom stereocenters. The van der Waals surface area contributed by atoms with Gasteiger partial charge in [0, 0.05) is 0 Å². The van der Waals surface area contributed by atoms with E-state index >= 15 is 0 Å². The summed E-state index contributed by atoms with van der Waals surface area (Å²) in [6, 6.07) is 0. The third kappa shape index (κ3) is 6.17. The summed E-state index contributed by atoms with van der Waals surface area (Å²) in [6.45, 7) is 12.8. The van der Waals surface area contributed by atoms with Gasteiger partial charge in [-0.15, -0.1) is 0 Å². The van der Waals surface area contributed by atoms with Crippen molar-refractivity contribution in [3.05, 3.63) is 0 Å². The summed E-state index contributed by atoms with van der Waals surface area (Å²) in [5.41, 5.74) is 0. The molecule has 0 heterocycles. The maximum Gasteiger partial charge on any atom is 0.323 e. The summed E-state index contributed by atoms with van der Waals surface area (Å²) >= 11 is 0. The Hall–Kier alpha value is -0.360. The summed E-state index contributed by atoms with van der Waals surface area (Å²) in [5.74, 6) is -0.343. The number of rotatable bonds is 13. The molecule has 0 aromatic carbocycles. The molecule has 0 spiro atoms. The second-order valence-corrected chi connectivity index (χ2v) is 8.74. The Bertz CT molecular complexity index is 341. The fraction of sp³-hybridized carbons (Fsp3) is 0.889. The predicted molar refractivity (Wildman–Crippen MR) is 104 cm³/mol. The summed E-state index contributed by atoms with van der Waals surface area (Å²) in [7, 11) is 2.97. The Kier molecular flexibility index (Phi) is 11.9. The average molecular weight is 379 g/mol. The molecule has 24 heavy (non-hydrogen) atoms. The summed E-state index contributed by atoms with van der Waals surface area (Å²) < 4.78 is 9.59. The first kappa shape index (κ1) is 23.6. The number of carbonyl (C=O) groups excluding carboxylic acids is 2. The first-order valence-electron chi connectivity index (χ1n) is 9.13. The molecule has 0 rings (SSSR count). The highest BCUT2D eigenvalue weighted by Crippen LogP contribution is 2.50. The fourth-order valence-corrected chi connectivity index (χ4v) is 6.02. The fourth-order valence-electron chi connectivity index (χ4n) is 2.19. The van der Waals surface area contributed by atoms with Gasteiger partial charge in [0.25, 0.3) is 0 Å². The van der Waals surface area contributed by atoms with Crippen LogP contribution in [0.15, 0.2) is 0 Å². The Balaban J connectivity index is 5.18. The van der Waals surface area contributed by atoms with E-state index in [9.17, 15) is 9.59 Å². The number of carbonyl (C=O) groups is 2. The minimum absolute atomic E-state index is 0.171. The standard InChI is InChI=1S/C18H34O4S2/c1-7-13-21-15(19)17(9-3,10-4)23-24-18(11-5,12-6)16(20)22-14-8-2/h7-14H2,1-6H3. The SMILES string of the molecule is CCCOC(=O)C(CC)(CC)SSC(CC)(CC)C(=O)OCCC. The first-order chi connectivity index (χ1) is 11.4. The Morgan fingerprint density at radius 2 is 0.958 bits per heavy atom. The lowest BCUT2D eigenvalue weighted by atomic mass is 10.0. The lowest BCUT2D eigenvalue weighted by Crippen LogP contribution is -2.39. The van der Waals surface area contributed by atoms with Crippen molar-refractivity contribution in [2.24, 2.45) is 0 Å². The van der Waals surface area contributed by atoms with E-state index in [1.165, 1.54) is 21.6 Å². The second kappa shape index (κ2) is 12.1. The van der Waals surface area contributed by atoms with E-state index < -0.39 is 9.49 Å². The van der Waals surface area contributed by atoms with Crippen molar-refractivity contribution in [2.45, 2.75) is 89.6 Å². The monoisotopic (exact) mass is 378 g/mol. The topological polar surface area (TPSA) is 52.6 Å². The van der Waals surface area contributed by atoms with Gasteiger partial charge in [0.1, 0.15) is 9.49 Å². The van der Waals surface area contributed by atoms with Crippen LogP contribution < -0.4 is 0 Å². The maximum absolute atomic E-state index is 12.5. The normalized spacial score (nSPS) is 12.1. The molecule has 0 saturated heterocycles. The molecule has 142 valence electrons. The van der Waals surface area contributed by atoms with Crippen molar-refractivity contribution in [1.29, 1.82) is 0 Å². The first-order valence-corrected chi connectivity index (χ1v) is 11.3. The lowest BCUT2D eigenvalue weighted by molar-refractivity contribution is -0.147. The van der Waals surface area contributed by atoms with Gasteiger partial charge in [-0.1, -0.05) is 63.1 Å². The minimum atomic E-state index is -0.611. The molecule has 0 radical (unpaired) electrons. The zero-order valence-electron chi connectivity index (χ0n) is 16.1. The third-order valence-electron chi connectivity index (χ3n) is 4.26. The molecule has 0 N–H and O–H groups in total. The quantitative estimate of drug-likeness (QED) is 0.316. The largest absolute Gasteiger partial charge is 0.465 e. The smallest absolute Gasteiger partial charge is 0.323 e. The van der Waals surface area contributed by atoms with Gasteiger partial charge in [-0.2, -0.15) is 0 Å². The zero-order chi connectivity index (χ0) is 18.6. The molecular formula is C18H34O4S2. The Morgan fingerprint density at radius 3 is 1.17 bits per heavy atom. The van der Waals surface area contributed by atoms with Gasteiger partial charge >= 0.3 is 11.9 Å². The maximum atomic E-state index is 12.5. The predicted octanol–water partition coefficient (Wildman–Crippen LogP) is 5.39. The number of hydrogen-bond acceptors (Lipinski definition) is 6. The van der Waals surface area contributed by atoms with Crippen LogP contribution in [0.4, 0.5) is 0 Å². The van der Waals surface area contributed by atoms with Crippen LogP contribution in [0.2, 0.25) is 0 Å². The van der Waals surface area contributed by atoms with Crippen LogP contribution in [0.1, 0.15) is 80.1 Å². The molecule has 0 bridgehead atoms. The van der Waals surface area contributed by atoms with Crippen LogP contribution in [0, 0.1) is 0 Å². The Morgan fingerprint density at radius 1 is 0.667 bits per heavy atom. The van der Waals surface area contributed by atoms with Crippen LogP contribution in [0.25, 0.3) is 0 Å². The second-order valence-electron chi connectivity index (χ2n) is 5.84. The van der Waals surface area contributed by atoms with E-state index in [0.29, 0.717) is 38.9 Å². The van der Waals surface area contributed by atoms with Crippen molar-refractivity contribution in [2.75, 3.05) is 13.2 Å². The minimum Gasteiger partial charge on any atom is -0.465 e. The van der Waals surface area contributed by atoms with E-state index in [1.807, 2.05) is 41.5 Å². The molecule has 0 amide bonds. The van der Waals surface area contributed by atoms with Crippen molar-refractivity contribution in [1.82, 2.24) is 0 Å². The highest BCUT2D eigenvalue weighted by atomic mass is 33.1. The van der Waals surface area contributed by atoms with Gasteiger partial charge in [-0.05, 0) is 38.5 Å². The van der Waals surface area contributed by atoms with Crippen LogP contribution in [-0.4, -0.2) is 34.6 Å². The van der Waals surface area contributed by atoms with E-state index in [1.54, 1.807) is 0 Å². The number of ether oxygens (including phenoxy) is 2. The van der Waals surface area contributed by atoms with Gasteiger partial charge in [0.05, 0.1) is 13.2 Å². The van der Waals surface area contributed by atoms with Crippen molar-refractivity contribution >= 4 is 33.5 Å². The summed E-state index contributed by atoms with van der Waals surface area (Å²) in [6.07, 6.45) is 4.33. The molecule has 0 aromatic rings. The molecule has 4 nitrogen and oxygen atoms in total. The molecule has 0 aliphatic rings. The molecule has 0 saturated carbocycles. The summed E-state index contributed by atoms with van der Waals surface area (Å²) in [4.78, 5) is 25.1. The van der Waals surface area contributed by atoms with Crippen molar-refractivity contribution in [3.63, 3.8) is 0 Å². The van der Waals surface area contributed by atoms with Crippen LogP contribution in [0.5, 0.6) is 0 Å². The van der Waals surface area contributed by atoms with Gasteiger partial charge in [0.15, 0.2) is 0 Å². The van der Waals surface area contributed by atoms with Gasteiger partial charge in [0.2, 0.25) is 0 Å². The van der Waals surface area contributed by atoms with Crippen LogP contribution in [-0.2, 0) is 19.1 Å². The molecule has 6 heteroatoms. The highest BCUT2D eigenvalue weighted by molar-refractivity contribution is 8.78. The Labute approximate surface area is 155 Å². The van der Waals surface area contributed by atoms with Crippen molar-refractivity contribution < 1.29 is 19.1 Å². The number of esters is 2. The van der Waals surface area contributed by atoms with E-state index in [2.05, 4.69) is 0 Å². The van der Waals surface area contributed by atoms with E-state index in [4.69, 9.17) is 9.47 Å². The molecular weight excluding hydrogens is 344 g/mol. The lowest BCUT2D eigenvalue weighted by Gasteiger charge is -2.34. The third-order valence-corrected chi connectivity index (χ3v) is 8.64. The van der Waals surface area contributed by atoms with Gasteiger partial charge in [-0.3, -0.25) is 9.59 Å². The van der Waals surface area contributed by atoms with Crippen molar-refractivity contribution in [3.8, 4) is 0 Å². The molecule has 0 aromatic heterocycles. The molecule has 0 atom stereocenters. The number of hydrogen-bond donors (Lipinski definition) is 0. The molecule has 0 aliphatic heterocycles. The van der Waals surface area contributed by atoms with Gasteiger partial charge in [-0.25, -0.2) is 0 Å². The van der Waals surface area contributed by atoms with Gasteiger partial charge < -0.3 is 9.47 Å². The molecule has 0 aliphatic carbocycles. The van der Waals surface area contributed by atoms with Crippen LogP contribution >= 0.6 is 21.6 Å². The summed E-state index contributed by atoms with van der Waals surface area (Å²) in [5, 5.41) is 0. The van der Waals surface area contributed by atoms with E-state index in [-0.39, 0.29) is 11.9 Å².